The van der Waals surface area contributed by atoms with Gasteiger partial charge in [0.2, 0.25) is 0 Å². The number of fused-ring (bicyclic) bond motifs is 3. The van der Waals surface area contributed by atoms with E-state index >= 15 is 0 Å². The number of alkyl carbamates (subject to hydrolysis) is 1. The number of hydrogen-bond acceptors (Lipinski definition) is 3. The number of methoxy groups -OCH3 is 1. The maximum absolute atomic E-state index is 12.2. The summed E-state index contributed by atoms with van der Waals surface area (Å²) in [6.07, 6.45) is 3.50. The second-order valence-corrected chi connectivity index (χ2v) is 7.80. The number of nitrogens with one attached hydrogen (secondary N) is 1. The average molecular weight is 414 g/mol. The number of hydrogen-bond donors (Lipinski definition) is 1. The molecule has 1 aliphatic rings. The van der Waals surface area contributed by atoms with Crippen LogP contribution in [0.25, 0.3) is 17.2 Å². The lowest BCUT2D eigenvalue weighted by Crippen LogP contribution is -2.26. The maximum Gasteiger partial charge on any atom is 0.407 e. The van der Waals surface area contributed by atoms with Gasteiger partial charge in [-0.2, -0.15) is 0 Å². The van der Waals surface area contributed by atoms with Crippen LogP contribution < -0.4 is 10.1 Å². The minimum Gasteiger partial charge on any atom is -0.496 e. The molecule has 4 heteroatoms. The van der Waals surface area contributed by atoms with Crippen molar-refractivity contribution >= 4 is 12.2 Å². The first-order valence-corrected chi connectivity index (χ1v) is 10.5. The summed E-state index contributed by atoms with van der Waals surface area (Å²) in [4.78, 5) is 12.2. The molecule has 1 N–H and O–H groups in total. The molecule has 0 radical (unpaired) electrons. The van der Waals surface area contributed by atoms with Crippen molar-refractivity contribution in [3.63, 3.8) is 0 Å². The number of rotatable bonds is 6. The van der Waals surface area contributed by atoms with Crippen molar-refractivity contribution in [3.8, 4) is 16.9 Å². The largest absolute Gasteiger partial charge is 0.496 e. The average Bonchev–Trinajstić information content (AvgIpc) is 3.09. The minimum atomic E-state index is -0.409. The molecule has 1 amide bonds. The van der Waals surface area contributed by atoms with Gasteiger partial charge in [-0.1, -0.05) is 60.7 Å². The minimum absolute atomic E-state index is 0.0685. The Balaban J connectivity index is 1.33. The standard InChI is InChI=1S/C27H27NO3/c1-18-15-20(16-19(2)26(18)30-3)9-8-14-28-27(29)31-17-25-23-12-6-4-10-21(23)22-11-5-7-13-24(22)25/h4-13,15-16,25H,14,17H2,1-3H3,(H,28,29). The van der Waals surface area contributed by atoms with Crippen molar-refractivity contribution in [2.75, 3.05) is 20.3 Å². The second-order valence-electron chi connectivity index (χ2n) is 7.80. The summed E-state index contributed by atoms with van der Waals surface area (Å²) < 4.78 is 11.0. The number of ether oxygens (including phenoxy) is 2. The predicted molar refractivity (Wildman–Crippen MR) is 125 cm³/mol. The summed E-state index contributed by atoms with van der Waals surface area (Å²) in [7, 11) is 1.68. The molecule has 0 aromatic heterocycles. The van der Waals surface area contributed by atoms with E-state index in [-0.39, 0.29) is 5.92 Å². The number of carbonyl (C=O) groups excluding carboxylic acids is 1. The van der Waals surface area contributed by atoms with Gasteiger partial charge in [-0.3, -0.25) is 0 Å². The van der Waals surface area contributed by atoms with Crippen molar-refractivity contribution in [3.05, 3.63) is 94.6 Å². The summed E-state index contributed by atoms with van der Waals surface area (Å²) >= 11 is 0. The van der Waals surface area contributed by atoms with Crippen LogP contribution in [0.1, 0.15) is 33.7 Å². The molecule has 0 heterocycles. The van der Waals surface area contributed by atoms with Crippen LogP contribution in [-0.2, 0) is 4.74 Å². The van der Waals surface area contributed by atoms with Crippen LogP contribution in [0.2, 0.25) is 0 Å². The molecule has 158 valence electrons. The van der Waals surface area contributed by atoms with Crippen LogP contribution in [0.4, 0.5) is 4.79 Å². The van der Waals surface area contributed by atoms with Gasteiger partial charge in [-0.25, -0.2) is 4.79 Å². The Morgan fingerprint density at radius 1 is 0.968 bits per heavy atom. The lowest BCUT2D eigenvalue weighted by molar-refractivity contribution is 0.144. The zero-order chi connectivity index (χ0) is 21.8. The first kappa shape index (κ1) is 20.7. The van der Waals surface area contributed by atoms with Gasteiger partial charge in [-0.05, 0) is 64.9 Å². The first-order valence-electron chi connectivity index (χ1n) is 10.5. The molecule has 4 nitrogen and oxygen atoms in total. The predicted octanol–water partition coefficient (Wildman–Crippen LogP) is 5.86. The maximum atomic E-state index is 12.2. The zero-order valence-corrected chi connectivity index (χ0v) is 18.1. The molecular weight excluding hydrogens is 386 g/mol. The van der Waals surface area contributed by atoms with Gasteiger partial charge in [0.05, 0.1) is 7.11 Å². The normalized spacial score (nSPS) is 12.5. The molecule has 0 unspecified atom stereocenters. The number of aryl methyl sites for hydroxylation is 2. The van der Waals surface area contributed by atoms with Gasteiger partial charge in [0.25, 0.3) is 0 Å². The van der Waals surface area contributed by atoms with Crippen molar-refractivity contribution in [2.24, 2.45) is 0 Å². The van der Waals surface area contributed by atoms with E-state index in [0.717, 1.165) is 22.4 Å². The quantitative estimate of drug-likeness (QED) is 0.550. The molecule has 0 atom stereocenters. The molecule has 0 fully saturated rings. The van der Waals surface area contributed by atoms with Gasteiger partial charge < -0.3 is 14.8 Å². The fourth-order valence-electron chi connectivity index (χ4n) is 4.39. The Hall–Kier alpha value is -3.53. The van der Waals surface area contributed by atoms with E-state index < -0.39 is 6.09 Å². The van der Waals surface area contributed by atoms with Crippen molar-refractivity contribution in [1.82, 2.24) is 5.32 Å². The molecule has 1 aliphatic carbocycles. The third kappa shape index (κ3) is 4.33. The van der Waals surface area contributed by atoms with Crippen LogP contribution in [0.15, 0.2) is 66.7 Å². The van der Waals surface area contributed by atoms with E-state index in [9.17, 15) is 4.79 Å². The summed E-state index contributed by atoms with van der Waals surface area (Å²) in [5, 5.41) is 2.80. The number of amides is 1. The SMILES string of the molecule is COc1c(C)cc(C=CCNC(=O)OCC2c3ccccc3-c3ccccc32)cc1C. The fourth-order valence-corrected chi connectivity index (χ4v) is 4.39. The van der Waals surface area contributed by atoms with E-state index in [0.29, 0.717) is 13.2 Å². The van der Waals surface area contributed by atoms with Gasteiger partial charge in [0.15, 0.2) is 0 Å². The highest BCUT2D eigenvalue weighted by Gasteiger charge is 2.28. The lowest BCUT2D eigenvalue weighted by atomic mass is 9.98. The van der Waals surface area contributed by atoms with Crippen LogP contribution in [0.5, 0.6) is 5.75 Å². The first-order chi connectivity index (χ1) is 15.1. The molecule has 0 aliphatic heterocycles. The van der Waals surface area contributed by atoms with Gasteiger partial charge in [0, 0.05) is 12.5 Å². The summed E-state index contributed by atoms with van der Waals surface area (Å²) in [5.74, 6) is 0.979. The Bertz CT molecular complexity index is 1060. The molecule has 3 aromatic rings. The molecule has 3 aromatic carbocycles. The van der Waals surface area contributed by atoms with E-state index in [1.54, 1.807) is 7.11 Å². The van der Waals surface area contributed by atoms with E-state index in [1.807, 2.05) is 50.3 Å². The zero-order valence-electron chi connectivity index (χ0n) is 18.1. The summed E-state index contributed by atoms with van der Waals surface area (Å²) in [6.45, 7) is 4.78. The Labute approximate surface area is 183 Å². The van der Waals surface area contributed by atoms with Crippen molar-refractivity contribution < 1.29 is 14.3 Å². The molecule has 4 rings (SSSR count). The molecule has 0 saturated heterocycles. The van der Waals surface area contributed by atoms with Crippen molar-refractivity contribution in [2.45, 2.75) is 19.8 Å². The van der Waals surface area contributed by atoms with Crippen LogP contribution in [0, 0.1) is 13.8 Å². The molecular formula is C27H27NO3. The molecule has 31 heavy (non-hydrogen) atoms. The monoisotopic (exact) mass is 413 g/mol. The number of benzene rings is 3. The lowest BCUT2D eigenvalue weighted by Gasteiger charge is -2.14. The van der Waals surface area contributed by atoms with Gasteiger partial charge >= 0.3 is 6.09 Å². The third-order valence-corrected chi connectivity index (χ3v) is 5.71. The van der Waals surface area contributed by atoms with Crippen molar-refractivity contribution in [1.29, 1.82) is 0 Å². The van der Waals surface area contributed by atoms with Crippen LogP contribution >= 0.6 is 0 Å². The Kier molecular flexibility index (Phi) is 6.08. The summed E-state index contributed by atoms with van der Waals surface area (Å²) in [5.41, 5.74) is 8.12. The highest BCUT2D eigenvalue weighted by Crippen LogP contribution is 2.44. The van der Waals surface area contributed by atoms with Gasteiger partial charge in [0.1, 0.15) is 12.4 Å². The van der Waals surface area contributed by atoms with Gasteiger partial charge in [-0.15, -0.1) is 0 Å². The van der Waals surface area contributed by atoms with Crippen LogP contribution in [-0.4, -0.2) is 26.4 Å². The number of carbonyl (C=O) groups is 1. The van der Waals surface area contributed by atoms with E-state index in [4.69, 9.17) is 9.47 Å². The second kappa shape index (κ2) is 9.09. The Morgan fingerprint density at radius 2 is 1.55 bits per heavy atom. The van der Waals surface area contributed by atoms with E-state index in [1.165, 1.54) is 22.3 Å². The Morgan fingerprint density at radius 3 is 2.13 bits per heavy atom. The van der Waals surface area contributed by atoms with Crippen LogP contribution in [0.3, 0.4) is 0 Å². The highest BCUT2D eigenvalue weighted by molar-refractivity contribution is 5.79. The fraction of sp³-hybridized carbons (Fsp3) is 0.222. The molecule has 0 spiro atoms. The third-order valence-electron chi connectivity index (χ3n) is 5.71. The molecule has 0 saturated carbocycles. The summed E-state index contributed by atoms with van der Waals surface area (Å²) in [6, 6.07) is 20.8. The smallest absolute Gasteiger partial charge is 0.407 e. The van der Waals surface area contributed by atoms with E-state index in [2.05, 4.69) is 41.7 Å². The molecule has 0 bridgehead atoms. The highest BCUT2D eigenvalue weighted by atomic mass is 16.5. The topological polar surface area (TPSA) is 47.6 Å².